The standard InChI is InChI=1S/C17H15NO/c19-17(10-13-4-3-9-18-12-13)16-8-7-14-5-1-2-6-15(14)11-16/h1-9,11-12,17,19H,10H2. The summed E-state index contributed by atoms with van der Waals surface area (Å²) in [5.74, 6) is 0. The third kappa shape index (κ3) is 2.64. The summed E-state index contributed by atoms with van der Waals surface area (Å²) in [6, 6.07) is 18.1. The van der Waals surface area contributed by atoms with E-state index in [1.165, 1.54) is 5.39 Å². The summed E-state index contributed by atoms with van der Waals surface area (Å²) in [5, 5.41) is 12.7. The molecule has 0 amide bonds. The van der Waals surface area contributed by atoms with Gasteiger partial charge in [-0.25, -0.2) is 0 Å². The highest BCUT2D eigenvalue weighted by molar-refractivity contribution is 5.83. The number of benzene rings is 2. The molecule has 0 aliphatic carbocycles. The smallest absolute Gasteiger partial charge is 0.0831 e. The first kappa shape index (κ1) is 11.9. The Morgan fingerprint density at radius 3 is 2.58 bits per heavy atom. The van der Waals surface area contributed by atoms with Crippen molar-refractivity contribution in [3.63, 3.8) is 0 Å². The summed E-state index contributed by atoms with van der Waals surface area (Å²) in [6.45, 7) is 0. The van der Waals surface area contributed by atoms with Gasteiger partial charge in [0, 0.05) is 18.8 Å². The summed E-state index contributed by atoms with van der Waals surface area (Å²) >= 11 is 0. The number of aliphatic hydroxyl groups excluding tert-OH is 1. The molecule has 3 rings (SSSR count). The third-order valence-corrected chi connectivity index (χ3v) is 3.31. The summed E-state index contributed by atoms with van der Waals surface area (Å²) in [5.41, 5.74) is 1.99. The number of fused-ring (bicyclic) bond motifs is 1. The summed E-state index contributed by atoms with van der Waals surface area (Å²) in [7, 11) is 0. The first-order chi connectivity index (χ1) is 9.33. The molecule has 0 radical (unpaired) electrons. The van der Waals surface area contributed by atoms with Crippen molar-refractivity contribution in [3.8, 4) is 0 Å². The number of hydrogen-bond donors (Lipinski definition) is 1. The number of aliphatic hydroxyl groups is 1. The molecular formula is C17H15NO. The maximum atomic E-state index is 10.3. The summed E-state index contributed by atoms with van der Waals surface area (Å²) in [4.78, 5) is 4.07. The van der Waals surface area contributed by atoms with Crippen LogP contribution >= 0.6 is 0 Å². The summed E-state index contributed by atoms with van der Waals surface area (Å²) < 4.78 is 0. The van der Waals surface area contributed by atoms with Gasteiger partial charge < -0.3 is 5.11 Å². The maximum absolute atomic E-state index is 10.3. The van der Waals surface area contributed by atoms with Gasteiger partial charge in [0.25, 0.3) is 0 Å². The lowest BCUT2D eigenvalue weighted by atomic mass is 9.99. The van der Waals surface area contributed by atoms with E-state index in [9.17, 15) is 5.11 Å². The van der Waals surface area contributed by atoms with Crippen LogP contribution in [0.3, 0.4) is 0 Å². The van der Waals surface area contributed by atoms with E-state index in [1.807, 2.05) is 30.3 Å². The zero-order chi connectivity index (χ0) is 13.1. The molecule has 0 saturated heterocycles. The van der Waals surface area contributed by atoms with E-state index in [4.69, 9.17) is 0 Å². The molecule has 0 saturated carbocycles. The number of pyridine rings is 1. The van der Waals surface area contributed by atoms with Gasteiger partial charge >= 0.3 is 0 Å². The maximum Gasteiger partial charge on any atom is 0.0831 e. The number of hydrogen-bond acceptors (Lipinski definition) is 2. The lowest BCUT2D eigenvalue weighted by Crippen LogP contribution is -2.01. The molecule has 1 aromatic heterocycles. The van der Waals surface area contributed by atoms with E-state index in [1.54, 1.807) is 12.4 Å². The Morgan fingerprint density at radius 1 is 0.947 bits per heavy atom. The average Bonchev–Trinajstić information content (AvgIpc) is 2.48. The van der Waals surface area contributed by atoms with Crippen LogP contribution in [-0.4, -0.2) is 10.1 Å². The second-order valence-electron chi connectivity index (χ2n) is 4.69. The van der Waals surface area contributed by atoms with Gasteiger partial charge in [0.2, 0.25) is 0 Å². The van der Waals surface area contributed by atoms with Crippen LogP contribution in [0, 0.1) is 0 Å². The Balaban J connectivity index is 1.87. The molecule has 1 atom stereocenters. The van der Waals surface area contributed by atoms with Crippen molar-refractivity contribution >= 4 is 10.8 Å². The van der Waals surface area contributed by atoms with Crippen LogP contribution in [0.1, 0.15) is 17.2 Å². The van der Waals surface area contributed by atoms with Gasteiger partial charge in [-0.3, -0.25) is 4.98 Å². The lowest BCUT2D eigenvalue weighted by molar-refractivity contribution is 0.178. The van der Waals surface area contributed by atoms with Gasteiger partial charge in [0.05, 0.1) is 6.10 Å². The highest BCUT2D eigenvalue weighted by Gasteiger charge is 2.09. The highest BCUT2D eigenvalue weighted by Crippen LogP contribution is 2.22. The molecule has 1 N–H and O–H groups in total. The average molecular weight is 249 g/mol. The zero-order valence-electron chi connectivity index (χ0n) is 10.5. The Kier molecular flexibility index (Phi) is 3.25. The van der Waals surface area contributed by atoms with E-state index < -0.39 is 6.10 Å². The van der Waals surface area contributed by atoms with Crippen molar-refractivity contribution in [1.29, 1.82) is 0 Å². The van der Waals surface area contributed by atoms with Gasteiger partial charge in [0.1, 0.15) is 0 Å². The molecule has 0 aliphatic rings. The molecule has 2 heteroatoms. The molecule has 1 unspecified atom stereocenters. The fourth-order valence-corrected chi connectivity index (χ4v) is 2.28. The zero-order valence-corrected chi connectivity index (χ0v) is 10.5. The quantitative estimate of drug-likeness (QED) is 0.770. The van der Waals surface area contributed by atoms with Crippen molar-refractivity contribution < 1.29 is 5.11 Å². The predicted octanol–water partition coefficient (Wildman–Crippen LogP) is 3.51. The van der Waals surface area contributed by atoms with Crippen LogP contribution in [0.4, 0.5) is 0 Å². The summed E-state index contributed by atoms with van der Waals surface area (Å²) in [6.07, 6.45) is 3.64. The van der Waals surface area contributed by atoms with Gasteiger partial charge in [-0.1, -0.05) is 42.5 Å². The Bertz CT molecular complexity index is 679. The van der Waals surface area contributed by atoms with Crippen molar-refractivity contribution in [2.24, 2.45) is 0 Å². The minimum atomic E-state index is -0.492. The first-order valence-corrected chi connectivity index (χ1v) is 6.38. The highest BCUT2D eigenvalue weighted by atomic mass is 16.3. The Labute approximate surface area is 112 Å². The fourth-order valence-electron chi connectivity index (χ4n) is 2.28. The van der Waals surface area contributed by atoms with E-state index in [0.29, 0.717) is 6.42 Å². The Hall–Kier alpha value is -2.19. The van der Waals surface area contributed by atoms with Crippen LogP contribution in [0.15, 0.2) is 67.0 Å². The second kappa shape index (κ2) is 5.21. The number of rotatable bonds is 3. The molecule has 0 aliphatic heterocycles. The molecular weight excluding hydrogens is 234 g/mol. The molecule has 3 aromatic rings. The predicted molar refractivity (Wildman–Crippen MR) is 76.8 cm³/mol. The lowest BCUT2D eigenvalue weighted by Gasteiger charge is -2.11. The Morgan fingerprint density at radius 2 is 1.79 bits per heavy atom. The van der Waals surface area contributed by atoms with Crippen molar-refractivity contribution in [2.75, 3.05) is 0 Å². The fraction of sp³-hybridized carbons (Fsp3) is 0.118. The number of nitrogens with zero attached hydrogens (tertiary/aromatic N) is 1. The topological polar surface area (TPSA) is 33.1 Å². The van der Waals surface area contributed by atoms with Crippen LogP contribution in [-0.2, 0) is 6.42 Å². The van der Waals surface area contributed by atoms with Crippen LogP contribution in [0.25, 0.3) is 10.8 Å². The molecule has 2 nitrogen and oxygen atoms in total. The van der Waals surface area contributed by atoms with Crippen LogP contribution in [0.5, 0.6) is 0 Å². The monoisotopic (exact) mass is 249 g/mol. The largest absolute Gasteiger partial charge is 0.388 e. The molecule has 0 spiro atoms. The molecule has 0 bridgehead atoms. The van der Waals surface area contributed by atoms with Crippen molar-refractivity contribution in [3.05, 3.63) is 78.1 Å². The first-order valence-electron chi connectivity index (χ1n) is 6.38. The van der Waals surface area contributed by atoms with Crippen molar-refractivity contribution in [2.45, 2.75) is 12.5 Å². The van der Waals surface area contributed by atoms with Gasteiger partial charge in [0.15, 0.2) is 0 Å². The molecule has 1 heterocycles. The van der Waals surface area contributed by atoms with Crippen LogP contribution < -0.4 is 0 Å². The minimum absolute atomic E-state index is 0.492. The molecule has 0 fully saturated rings. The normalized spacial score (nSPS) is 12.5. The van der Waals surface area contributed by atoms with Gasteiger partial charge in [-0.05, 0) is 34.0 Å². The van der Waals surface area contributed by atoms with Gasteiger partial charge in [-0.15, -0.1) is 0 Å². The van der Waals surface area contributed by atoms with Crippen molar-refractivity contribution in [1.82, 2.24) is 4.98 Å². The second-order valence-corrected chi connectivity index (χ2v) is 4.69. The molecule has 19 heavy (non-hydrogen) atoms. The molecule has 2 aromatic carbocycles. The van der Waals surface area contributed by atoms with E-state index in [-0.39, 0.29) is 0 Å². The number of aromatic nitrogens is 1. The minimum Gasteiger partial charge on any atom is -0.388 e. The van der Waals surface area contributed by atoms with Crippen LogP contribution in [0.2, 0.25) is 0 Å². The SMILES string of the molecule is OC(Cc1cccnc1)c1ccc2ccccc2c1. The van der Waals surface area contributed by atoms with E-state index >= 15 is 0 Å². The molecule has 94 valence electrons. The van der Waals surface area contributed by atoms with Gasteiger partial charge in [-0.2, -0.15) is 0 Å². The van der Waals surface area contributed by atoms with E-state index in [2.05, 4.69) is 29.2 Å². The third-order valence-electron chi connectivity index (χ3n) is 3.31. The van der Waals surface area contributed by atoms with E-state index in [0.717, 1.165) is 16.5 Å².